The normalized spacial score (nSPS) is 11.9. The van der Waals surface area contributed by atoms with Gasteiger partial charge in [-0.25, -0.2) is 4.98 Å². The first-order valence-corrected chi connectivity index (χ1v) is 6.16. The zero-order chi connectivity index (χ0) is 13.7. The minimum absolute atomic E-state index is 0.0139. The van der Waals surface area contributed by atoms with Gasteiger partial charge in [-0.05, 0) is 30.2 Å². The quantitative estimate of drug-likeness (QED) is 0.895. The van der Waals surface area contributed by atoms with Crippen molar-refractivity contribution in [3.05, 3.63) is 53.7 Å². The molecular formula is C15H18N2O2. The molecule has 1 heterocycles. The lowest BCUT2D eigenvalue weighted by atomic mass is 10.2. The molecule has 0 bridgehead atoms. The van der Waals surface area contributed by atoms with Crippen LogP contribution in [0.2, 0.25) is 0 Å². The van der Waals surface area contributed by atoms with E-state index in [0.717, 1.165) is 16.9 Å². The summed E-state index contributed by atoms with van der Waals surface area (Å²) in [4.78, 5) is 4.22. The molecule has 0 aliphatic rings. The van der Waals surface area contributed by atoms with Crippen molar-refractivity contribution in [2.75, 3.05) is 7.11 Å². The number of hydrogen-bond donors (Lipinski definition) is 1. The van der Waals surface area contributed by atoms with Crippen molar-refractivity contribution < 1.29 is 9.47 Å². The van der Waals surface area contributed by atoms with Crippen LogP contribution in [0.25, 0.3) is 0 Å². The highest BCUT2D eigenvalue weighted by Crippen LogP contribution is 2.16. The van der Waals surface area contributed by atoms with E-state index >= 15 is 0 Å². The molecule has 4 nitrogen and oxygen atoms in total. The summed E-state index contributed by atoms with van der Waals surface area (Å²) in [7, 11) is 1.65. The van der Waals surface area contributed by atoms with Crippen LogP contribution in [-0.4, -0.2) is 12.1 Å². The molecule has 100 valence electrons. The van der Waals surface area contributed by atoms with E-state index in [1.807, 2.05) is 43.3 Å². The molecule has 0 saturated heterocycles. The Balaban J connectivity index is 1.98. The van der Waals surface area contributed by atoms with E-state index in [1.165, 1.54) is 0 Å². The number of nitrogens with two attached hydrogens (primary N) is 1. The maximum Gasteiger partial charge on any atom is 0.213 e. The first kappa shape index (κ1) is 13.4. The van der Waals surface area contributed by atoms with E-state index in [-0.39, 0.29) is 6.04 Å². The van der Waals surface area contributed by atoms with Gasteiger partial charge in [0.15, 0.2) is 0 Å². The summed E-state index contributed by atoms with van der Waals surface area (Å²) in [5.41, 5.74) is 7.80. The van der Waals surface area contributed by atoms with Crippen molar-refractivity contribution in [3.63, 3.8) is 0 Å². The van der Waals surface area contributed by atoms with Crippen molar-refractivity contribution in [1.82, 2.24) is 4.98 Å². The fourth-order valence-corrected chi connectivity index (χ4v) is 1.67. The number of methoxy groups -OCH3 is 1. The number of aromatic nitrogens is 1. The maximum atomic E-state index is 5.77. The van der Waals surface area contributed by atoms with Gasteiger partial charge in [0, 0.05) is 18.3 Å². The fraction of sp³-hybridized carbons (Fsp3) is 0.267. The Morgan fingerprint density at radius 3 is 2.74 bits per heavy atom. The third kappa shape index (κ3) is 3.69. The van der Waals surface area contributed by atoms with Crippen LogP contribution in [0.5, 0.6) is 11.6 Å². The van der Waals surface area contributed by atoms with Crippen LogP contribution in [0.15, 0.2) is 42.6 Å². The summed E-state index contributed by atoms with van der Waals surface area (Å²) < 4.78 is 10.8. The average molecular weight is 258 g/mol. The van der Waals surface area contributed by atoms with Crippen molar-refractivity contribution in [3.8, 4) is 11.6 Å². The predicted molar refractivity (Wildman–Crippen MR) is 74.2 cm³/mol. The number of nitrogens with zero attached hydrogens (tertiary/aromatic N) is 1. The average Bonchev–Trinajstić information content (AvgIpc) is 2.46. The van der Waals surface area contributed by atoms with Crippen molar-refractivity contribution in [1.29, 1.82) is 0 Å². The van der Waals surface area contributed by atoms with E-state index < -0.39 is 0 Å². The first-order valence-electron chi connectivity index (χ1n) is 6.16. The Bertz CT molecular complexity index is 524. The van der Waals surface area contributed by atoms with Crippen LogP contribution in [0.1, 0.15) is 24.1 Å². The van der Waals surface area contributed by atoms with Crippen molar-refractivity contribution >= 4 is 0 Å². The topological polar surface area (TPSA) is 57.4 Å². The molecule has 19 heavy (non-hydrogen) atoms. The summed E-state index contributed by atoms with van der Waals surface area (Å²) in [5.74, 6) is 1.41. The second-order valence-corrected chi connectivity index (χ2v) is 4.36. The first-order chi connectivity index (χ1) is 9.19. The number of ether oxygens (including phenoxy) is 2. The number of benzene rings is 1. The zero-order valence-electron chi connectivity index (χ0n) is 11.2. The molecule has 0 spiro atoms. The largest absolute Gasteiger partial charge is 0.497 e. The lowest BCUT2D eigenvalue weighted by molar-refractivity contribution is 0.293. The second kappa shape index (κ2) is 6.20. The highest BCUT2D eigenvalue weighted by Gasteiger charge is 2.02. The van der Waals surface area contributed by atoms with Gasteiger partial charge in [-0.2, -0.15) is 0 Å². The van der Waals surface area contributed by atoms with Crippen LogP contribution in [-0.2, 0) is 6.61 Å². The lowest BCUT2D eigenvalue weighted by Crippen LogP contribution is -2.05. The van der Waals surface area contributed by atoms with Gasteiger partial charge in [0.1, 0.15) is 12.4 Å². The number of pyridine rings is 1. The Kier molecular flexibility index (Phi) is 4.36. The Morgan fingerprint density at radius 1 is 1.26 bits per heavy atom. The van der Waals surface area contributed by atoms with Crippen LogP contribution in [0.4, 0.5) is 0 Å². The molecule has 1 atom stereocenters. The van der Waals surface area contributed by atoms with Crippen LogP contribution in [0.3, 0.4) is 0 Å². The van der Waals surface area contributed by atoms with Gasteiger partial charge in [-0.1, -0.05) is 18.2 Å². The minimum atomic E-state index is -0.0139. The molecule has 0 fully saturated rings. The zero-order valence-corrected chi connectivity index (χ0v) is 11.2. The summed E-state index contributed by atoms with van der Waals surface area (Å²) in [6.07, 6.45) is 1.74. The third-order valence-corrected chi connectivity index (χ3v) is 2.81. The third-order valence-electron chi connectivity index (χ3n) is 2.81. The van der Waals surface area contributed by atoms with E-state index in [0.29, 0.717) is 12.5 Å². The molecule has 0 unspecified atom stereocenters. The smallest absolute Gasteiger partial charge is 0.213 e. The molecule has 0 aliphatic carbocycles. The SMILES string of the molecule is COc1cccc(COc2ccc([C@@H](C)N)cn2)c1. The summed E-state index contributed by atoms with van der Waals surface area (Å²) in [6, 6.07) is 11.5. The molecule has 0 amide bonds. The van der Waals surface area contributed by atoms with E-state index in [2.05, 4.69) is 4.98 Å². The monoisotopic (exact) mass is 258 g/mol. The summed E-state index contributed by atoms with van der Waals surface area (Å²) >= 11 is 0. The maximum absolute atomic E-state index is 5.77. The fourth-order valence-electron chi connectivity index (χ4n) is 1.67. The van der Waals surface area contributed by atoms with E-state index in [1.54, 1.807) is 13.3 Å². The minimum Gasteiger partial charge on any atom is -0.497 e. The molecule has 1 aromatic heterocycles. The molecular weight excluding hydrogens is 240 g/mol. The summed E-state index contributed by atoms with van der Waals surface area (Å²) in [5, 5.41) is 0. The molecule has 2 aromatic rings. The molecule has 1 aromatic carbocycles. The van der Waals surface area contributed by atoms with Gasteiger partial charge in [0.2, 0.25) is 5.88 Å². The van der Waals surface area contributed by atoms with E-state index in [9.17, 15) is 0 Å². The Labute approximate surface area is 113 Å². The lowest BCUT2D eigenvalue weighted by Gasteiger charge is -2.08. The highest BCUT2D eigenvalue weighted by molar-refractivity contribution is 5.28. The number of hydrogen-bond acceptors (Lipinski definition) is 4. The van der Waals surface area contributed by atoms with Crippen LogP contribution in [0, 0.1) is 0 Å². The predicted octanol–water partition coefficient (Wildman–Crippen LogP) is 2.69. The van der Waals surface area contributed by atoms with Gasteiger partial charge in [0.05, 0.1) is 7.11 Å². The van der Waals surface area contributed by atoms with Crippen molar-refractivity contribution in [2.45, 2.75) is 19.6 Å². The second-order valence-electron chi connectivity index (χ2n) is 4.36. The molecule has 2 rings (SSSR count). The molecule has 0 aliphatic heterocycles. The number of rotatable bonds is 5. The molecule has 0 radical (unpaired) electrons. The van der Waals surface area contributed by atoms with E-state index in [4.69, 9.17) is 15.2 Å². The Morgan fingerprint density at radius 2 is 2.11 bits per heavy atom. The van der Waals surface area contributed by atoms with Crippen LogP contribution < -0.4 is 15.2 Å². The molecule has 4 heteroatoms. The molecule has 2 N–H and O–H groups in total. The van der Waals surface area contributed by atoms with Crippen LogP contribution >= 0.6 is 0 Å². The van der Waals surface area contributed by atoms with Gasteiger partial charge in [-0.3, -0.25) is 0 Å². The Hall–Kier alpha value is -2.07. The van der Waals surface area contributed by atoms with Gasteiger partial charge in [0.25, 0.3) is 0 Å². The van der Waals surface area contributed by atoms with Gasteiger partial charge >= 0.3 is 0 Å². The summed E-state index contributed by atoms with van der Waals surface area (Å²) in [6.45, 7) is 2.38. The standard InChI is InChI=1S/C15H18N2O2/c1-11(16)13-6-7-15(17-9-13)19-10-12-4-3-5-14(8-12)18-2/h3-9,11H,10,16H2,1-2H3/t11-/m1/s1. The van der Waals surface area contributed by atoms with Crippen molar-refractivity contribution in [2.24, 2.45) is 5.73 Å². The highest BCUT2D eigenvalue weighted by atomic mass is 16.5. The van der Waals surface area contributed by atoms with Gasteiger partial charge < -0.3 is 15.2 Å². The van der Waals surface area contributed by atoms with Gasteiger partial charge in [-0.15, -0.1) is 0 Å². The molecule has 0 saturated carbocycles.